The third kappa shape index (κ3) is 3.54. The van der Waals surface area contributed by atoms with E-state index in [1.54, 1.807) is 17.7 Å². The number of aromatic amines is 1. The lowest BCUT2D eigenvalue weighted by Crippen LogP contribution is -2.35. The maximum absolute atomic E-state index is 13.5. The van der Waals surface area contributed by atoms with Gasteiger partial charge in [0.15, 0.2) is 0 Å². The van der Waals surface area contributed by atoms with Crippen molar-refractivity contribution in [2.45, 2.75) is 45.1 Å². The van der Waals surface area contributed by atoms with Crippen molar-refractivity contribution in [3.63, 3.8) is 0 Å². The first-order valence-corrected chi connectivity index (χ1v) is 9.45. The molecule has 1 aliphatic carbocycles. The Labute approximate surface area is 148 Å². The molecule has 132 valence electrons. The van der Waals surface area contributed by atoms with Crippen LogP contribution in [0, 0.1) is 11.7 Å². The van der Waals surface area contributed by atoms with Crippen molar-refractivity contribution < 1.29 is 4.39 Å². The Morgan fingerprint density at radius 2 is 2.24 bits per heavy atom. The molecule has 25 heavy (non-hydrogen) atoms. The summed E-state index contributed by atoms with van der Waals surface area (Å²) in [6.07, 6.45) is 12.6. The number of benzene rings is 1. The Balaban J connectivity index is 1.51. The van der Waals surface area contributed by atoms with Gasteiger partial charge in [-0.2, -0.15) is 0 Å². The largest absolute Gasteiger partial charge is 0.341 e. The summed E-state index contributed by atoms with van der Waals surface area (Å²) >= 11 is 0. The number of halogens is 1. The van der Waals surface area contributed by atoms with Gasteiger partial charge in [0.05, 0.1) is 17.1 Å². The minimum absolute atomic E-state index is 0.213. The lowest BCUT2D eigenvalue weighted by Gasteiger charge is -2.35. The molecule has 1 aromatic heterocycles. The van der Waals surface area contributed by atoms with E-state index in [1.807, 2.05) is 0 Å². The second-order valence-corrected chi connectivity index (χ2v) is 7.39. The number of fused-ring (bicyclic) bond motifs is 1. The fourth-order valence-corrected chi connectivity index (χ4v) is 4.12. The molecule has 4 rings (SSSR count). The molecule has 0 bridgehead atoms. The Hall–Kier alpha value is -1.94. The molecule has 0 amide bonds. The number of imidazole rings is 1. The third-order valence-corrected chi connectivity index (χ3v) is 5.65. The van der Waals surface area contributed by atoms with Gasteiger partial charge in [-0.1, -0.05) is 37.1 Å². The maximum atomic E-state index is 13.5. The van der Waals surface area contributed by atoms with Crippen LogP contribution in [0.15, 0.2) is 42.0 Å². The molecule has 1 N–H and O–H groups in total. The molecule has 2 aromatic rings. The predicted octanol–water partition coefficient (Wildman–Crippen LogP) is 5.14. The van der Waals surface area contributed by atoms with Crippen LogP contribution in [-0.4, -0.2) is 28.0 Å². The average molecular weight is 339 g/mol. The Kier molecular flexibility index (Phi) is 4.71. The fraction of sp³-hybridized carbons (Fsp3) is 0.476. The van der Waals surface area contributed by atoms with Gasteiger partial charge in [0.25, 0.3) is 0 Å². The molecule has 1 saturated heterocycles. The lowest BCUT2D eigenvalue weighted by molar-refractivity contribution is 0.143. The number of likely N-dealkylation sites (tertiary alicyclic amines) is 1. The van der Waals surface area contributed by atoms with Crippen LogP contribution in [0.4, 0.5) is 4.39 Å². The molecule has 1 aromatic carbocycles. The maximum Gasteiger partial charge on any atom is 0.125 e. The molecule has 1 fully saturated rings. The van der Waals surface area contributed by atoms with Gasteiger partial charge in [-0.3, -0.25) is 4.90 Å². The molecule has 2 atom stereocenters. The van der Waals surface area contributed by atoms with Crippen molar-refractivity contribution in [1.82, 2.24) is 14.9 Å². The number of rotatable bonds is 4. The molecule has 0 spiro atoms. The molecular formula is C21H26FN3. The zero-order chi connectivity index (χ0) is 17.2. The van der Waals surface area contributed by atoms with Crippen LogP contribution in [0.3, 0.4) is 0 Å². The summed E-state index contributed by atoms with van der Waals surface area (Å²) < 4.78 is 13.5. The predicted molar refractivity (Wildman–Crippen MR) is 99.8 cm³/mol. The quantitative estimate of drug-likeness (QED) is 0.836. The number of hydrogen-bond donors (Lipinski definition) is 1. The zero-order valence-electron chi connectivity index (χ0n) is 14.8. The molecule has 2 unspecified atom stereocenters. The standard InChI is InChI=1S/C21H26FN3/c1-15-6-2-3-7-16(15)11-13-25-12-5-4-8-20(25)21-23-18-10-9-17(22)14-19(18)24-21/h2-3,7,9-10,14-15,20H,4-6,8,11-13H2,1H3,(H,23,24). The molecule has 2 aliphatic rings. The van der Waals surface area contributed by atoms with Gasteiger partial charge in [0.2, 0.25) is 0 Å². The minimum atomic E-state index is -0.213. The van der Waals surface area contributed by atoms with Crippen LogP contribution in [0.25, 0.3) is 11.0 Å². The summed E-state index contributed by atoms with van der Waals surface area (Å²) in [5.74, 6) is 1.43. The number of H-pyrrole nitrogens is 1. The summed E-state index contributed by atoms with van der Waals surface area (Å²) in [6, 6.07) is 5.11. The van der Waals surface area contributed by atoms with Gasteiger partial charge >= 0.3 is 0 Å². The van der Waals surface area contributed by atoms with E-state index in [9.17, 15) is 4.39 Å². The van der Waals surface area contributed by atoms with E-state index in [1.165, 1.54) is 18.9 Å². The summed E-state index contributed by atoms with van der Waals surface area (Å²) in [5.41, 5.74) is 3.21. The minimum Gasteiger partial charge on any atom is -0.341 e. The average Bonchev–Trinajstić information content (AvgIpc) is 3.04. The van der Waals surface area contributed by atoms with Crippen LogP contribution < -0.4 is 0 Å². The smallest absolute Gasteiger partial charge is 0.125 e. The van der Waals surface area contributed by atoms with Crippen molar-refractivity contribution in [3.8, 4) is 0 Å². The number of aromatic nitrogens is 2. The number of allylic oxidation sites excluding steroid dienone is 3. The van der Waals surface area contributed by atoms with Gasteiger partial charge in [-0.05, 0) is 56.3 Å². The van der Waals surface area contributed by atoms with Crippen molar-refractivity contribution in [2.24, 2.45) is 5.92 Å². The van der Waals surface area contributed by atoms with E-state index >= 15 is 0 Å². The van der Waals surface area contributed by atoms with Crippen LogP contribution in [0.2, 0.25) is 0 Å². The zero-order valence-corrected chi connectivity index (χ0v) is 14.8. The highest BCUT2D eigenvalue weighted by Gasteiger charge is 2.27. The first-order chi connectivity index (χ1) is 12.2. The van der Waals surface area contributed by atoms with Gasteiger partial charge < -0.3 is 4.98 Å². The van der Waals surface area contributed by atoms with Gasteiger partial charge in [0.1, 0.15) is 11.6 Å². The second kappa shape index (κ2) is 7.12. The van der Waals surface area contributed by atoms with Crippen molar-refractivity contribution in [3.05, 3.63) is 53.6 Å². The van der Waals surface area contributed by atoms with Crippen LogP contribution in [0.5, 0.6) is 0 Å². The summed E-state index contributed by atoms with van der Waals surface area (Å²) in [5, 5.41) is 0. The lowest BCUT2D eigenvalue weighted by atomic mass is 9.90. The molecule has 2 heterocycles. The van der Waals surface area contributed by atoms with E-state index < -0.39 is 0 Å². The highest BCUT2D eigenvalue weighted by molar-refractivity contribution is 5.75. The SMILES string of the molecule is CC1CC=CC=C1CCN1CCCCC1c1nc2ccc(F)cc2[nH]1. The summed E-state index contributed by atoms with van der Waals surface area (Å²) in [6.45, 7) is 4.50. The van der Waals surface area contributed by atoms with Crippen molar-refractivity contribution in [2.75, 3.05) is 13.1 Å². The van der Waals surface area contributed by atoms with Crippen LogP contribution in [0.1, 0.15) is 50.9 Å². The fourth-order valence-electron chi connectivity index (χ4n) is 4.12. The number of nitrogens with one attached hydrogen (secondary N) is 1. The first-order valence-electron chi connectivity index (χ1n) is 9.45. The van der Waals surface area contributed by atoms with E-state index in [4.69, 9.17) is 4.98 Å². The highest BCUT2D eigenvalue weighted by Crippen LogP contribution is 2.32. The first kappa shape index (κ1) is 16.5. The van der Waals surface area contributed by atoms with Gasteiger partial charge in [0, 0.05) is 6.54 Å². The van der Waals surface area contributed by atoms with E-state index in [-0.39, 0.29) is 5.82 Å². The van der Waals surface area contributed by atoms with Gasteiger partial charge in [-0.15, -0.1) is 0 Å². The second-order valence-electron chi connectivity index (χ2n) is 7.39. The van der Waals surface area contributed by atoms with E-state index in [2.05, 4.69) is 35.0 Å². The summed E-state index contributed by atoms with van der Waals surface area (Å²) in [4.78, 5) is 10.7. The van der Waals surface area contributed by atoms with Crippen LogP contribution >= 0.6 is 0 Å². The Bertz CT molecular complexity index is 805. The normalized spacial score (nSPS) is 24.6. The van der Waals surface area contributed by atoms with Gasteiger partial charge in [-0.25, -0.2) is 9.37 Å². The molecular weight excluding hydrogens is 313 g/mol. The van der Waals surface area contributed by atoms with E-state index in [0.717, 1.165) is 49.2 Å². The molecule has 0 radical (unpaired) electrons. The monoisotopic (exact) mass is 339 g/mol. The van der Waals surface area contributed by atoms with Crippen molar-refractivity contribution in [1.29, 1.82) is 0 Å². The Morgan fingerprint density at radius 1 is 1.32 bits per heavy atom. The van der Waals surface area contributed by atoms with Crippen molar-refractivity contribution >= 4 is 11.0 Å². The molecule has 4 heteroatoms. The Morgan fingerprint density at radius 3 is 3.12 bits per heavy atom. The highest BCUT2D eigenvalue weighted by atomic mass is 19.1. The number of nitrogens with zero attached hydrogens (tertiary/aromatic N) is 2. The molecule has 0 saturated carbocycles. The molecule has 1 aliphatic heterocycles. The van der Waals surface area contributed by atoms with E-state index in [0.29, 0.717) is 12.0 Å². The van der Waals surface area contributed by atoms with Crippen LogP contribution in [-0.2, 0) is 0 Å². The third-order valence-electron chi connectivity index (χ3n) is 5.65. The molecule has 3 nitrogen and oxygen atoms in total. The number of hydrogen-bond acceptors (Lipinski definition) is 2. The number of piperidine rings is 1. The topological polar surface area (TPSA) is 31.9 Å². The summed E-state index contributed by atoms with van der Waals surface area (Å²) in [7, 11) is 0.